The highest BCUT2D eigenvalue weighted by molar-refractivity contribution is 5.97. The molecular formula is C26H28N2O3. The van der Waals surface area contributed by atoms with Crippen LogP contribution in [0.5, 0.6) is 5.75 Å². The zero-order chi connectivity index (χ0) is 21.4. The number of amides is 1. The number of aryl methyl sites for hydroxylation is 1. The standard InChI is InChI=1S/C26H28N2O3/c1-17-9-10-21(31-16-19-13-20(29)15-27-19)14-23(17)25(30)28-26(11-12-26)24-8-4-6-18-5-2-3-7-22(18)24/h2-10,14,19-20,27,29H,11-13,15-16H2,1H3,(H,28,30)/t19-,20-/m1/s1. The minimum absolute atomic E-state index is 0.0669. The van der Waals surface area contributed by atoms with Gasteiger partial charge >= 0.3 is 0 Å². The summed E-state index contributed by atoms with van der Waals surface area (Å²) in [6.07, 6.45) is 2.26. The lowest BCUT2D eigenvalue weighted by Gasteiger charge is -2.21. The number of hydrogen-bond donors (Lipinski definition) is 3. The van der Waals surface area contributed by atoms with Crippen LogP contribution in [0.15, 0.2) is 60.7 Å². The Morgan fingerprint density at radius 1 is 1.16 bits per heavy atom. The summed E-state index contributed by atoms with van der Waals surface area (Å²) in [6.45, 7) is 3.03. The molecule has 5 rings (SSSR count). The summed E-state index contributed by atoms with van der Waals surface area (Å²) >= 11 is 0. The van der Waals surface area contributed by atoms with Gasteiger partial charge in [-0.2, -0.15) is 0 Å². The molecule has 3 aromatic carbocycles. The van der Waals surface area contributed by atoms with Crippen molar-refractivity contribution in [2.75, 3.05) is 13.2 Å². The van der Waals surface area contributed by atoms with Gasteiger partial charge in [0.2, 0.25) is 0 Å². The van der Waals surface area contributed by atoms with Crippen LogP contribution in [-0.4, -0.2) is 36.3 Å². The van der Waals surface area contributed by atoms with Gasteiger partial charge in [0, 0.05) is 18.2 Å². The number of hydrogen-bond acceptors (Lipinski definition) is 4. The Labute approximate surface area is 182 Å². The minimum atomic E-state index is -0.309. The van der Waals surface area contributed by atoms with Gasteiger partial charge in [-0.1, -0.05) is 48.5 Å². The number of aliphatic hydroxyl groups excluding tert-OH is 1. The second kappa shape index (κ2) is 7.98. The summed E-state index contributed by atoms with van der Waals surface area (Å²) in [7, 11) is 0. The van der Waals surface area contributed by atoms with Crippen molar-refractivity contribution in [3.63, 3.8) is 0 Å². The first kappa shape index (κ1) is 20.0. The molecule has 3 N–H and O–H groups in total. The van der Waals surface area contributed by atoms with Crippen molar-refractivity contribution in [3.05, 3.63) is 77.4 Å². The average molecular weight is 417 g/mol. The van der Waals surface area contributed by atoms with Crippen molar-refractivity contribution in [3.8, 4) is 5.75 Å². The zero-order valence-electron chi connectivity index (χ0n) is 17.7. The monoisotopic (exact) mass is 416 g/mol. The molecule has 160 valence electrons. The molecule has 2 fully saturated rings. The first-order valence-electron chi connectivity index (χ1n) is 11.0. The van der Waals surface area contributed by atoms with Crippen LogP contribution < -0.4 is 15.4 Å². The predicted octanol–water partition coefficient (Wildman–Crippen LogP) is 3.67. The molecule has 0 aromatic heterocycles. The second-order valence-electron chi connectivity index (χ2n) is 8.85. The van der Waals surface area contributed by atoms with Crippen LogP contribution in [0.4, 0.5) is 0 Å². The molecule has 0 unspecified atom stereocenters. The highest BCUT2D eigenvalue weighted by Gasteiger charge is 2.46. The van der Waals surface area contributed by atoms with Crippen LogP contribution in [0, 0.1) is 6.92 Å². The predicted molar refractivity (Wildman–Crippen MR) is 121 cm³/mol. The van der Waals surface area contributed by atoms with Crippen molar-refractivity contribution in [2.45, 2.75) is 43.9 Å². The van der Waals surface area contributed by atoms with Crippen molar-refractivity contribution in [1.29, 1.82) is 0 Å². The first-order valence-corrected chi connectivity index (χ1v) is 11.0. The van der Waals surface area contributed by atoms with Crippen molar-refractivity contribution in [1.82, 2.24) is 10.6 Å². The molecule has 5 heteroatoms. The van der Waals surface area contributed by atoms with E-state index in [0.29, 0.717) is 30.9 Å². The van der Waals surface area contributed by atoms with E-state index < -0.39 is 0 Å². The maximum absolute atomic E-state index is 13.3. The number of β-amino-alcohol motifs (C(OH)–C–C–N with tert-alkyl or cyclic N) is 1. The SMILES string of the molecule is Cc1ccc(OC[C@H]2C[C@@H](O)CN2)cc1C(=O)NC1(c2cccc3ccccc23)CC1. The van der Waals surface area contributed by atoms with E-state index in [4.69, 9.17) is 4.74 Å². The summed E-state index contributed by atoms with van der Waals surface area (Å²) in [5, 5.41) is 18.6. The van der Waals surface area contributed by atoms with Crippen LogP contribution in [0.2, 0.25) is 0 Å². The lowest BCUT2D eigenvalue weighted by atomic mass is 9.96. The smallest absolute Gasteiger partial charge is 0.252 e. The van der Waals surface area contributed by atoms with Gasteiger partial charge < -0.3 is 20.5 Å². The molecule has 2 atom stereocenters. The molecule has 3 aromatic rings. The third-order valence-corrected chi connectivity index (χ3v) is 6.51. The number of nitrogens with one attached hydrogen (secondary N) is 2. The third kappa shape index (κ3) is 4.03. The quantitative estimate of drug-likeness (QED) is 0.573. The normalized spacial score (nSPS) is 21.7. The maximum Gasteiger partial charge on any atom is 0.252 e. The Balaban J connectivity index is 1.34. The molecule has 5 nitrogen and oxygen atoms in total. The van der Waals surface area contributed by atoms with Gasteiger partial charge in [-0.05, 0) is 60.2 Å². The Hall–Kier alpha value is -2.89. The summed E-state index contributed by atoms with van der Waals surface area (Å²) in [5.74, 6) is 0.608. The number of fused-ring (bicyclic) bond motifs is 1. The van der Waals surface area contributed by atoms with Gasteiger partial charge in [-0.25, -0.2) is 0 Å². The molecule has 31 heavy (non-hydrogen) atoms. The van der Waals surface area contributed by atoms with Gasteiger partial charge in [0.05, 0.1) is 11.6 Å². The summed E-state index contributed by atoms with van der Waals surface area (Å²) in [4.78, 5) is 13.3. The molecule has 0 spiro atoms. The Morgan fingerprint density at radius 3 is 2.74 bits per heavy atom. The molecule has 2 aliphatic rings. The van der Waals surface area contributed by atoms with Gasteiger partial charge in [-0.3, -0.25) is 4.79 Å². The number of aliphatic hydroxyl groups is 1. The Kier molecular flexibility index (Phi) is 5.16. The number of carbonyl (C=O) groups excluding carboxylic acids is 1. The van der Waals surface area contributed by atoms with Crippen molar-refractivity contribution in [2.24, 2.45) is 0 Å². The van der Waals surface area contributed by atoms with Crippen molar-refractivity contribution >= 4 is 16.7 Å². The number of ether oxygens (including phenoxy) is 1. The zero-order valence-corrected chi connectivity index (χ0v) is 17.7. The molecule has 1 amide bonds. The van der Waals surface area contributed by atoms with E-state index in [9.17, 15) is 9.90 Å². The topological polar surface area (TPSA) is 70.6 Å². The largest absolute Gasteiger partial charge is 0.492 e. The minimum Gasteiger partial charge on any atom is -0.492 e. The van der Waals surface area contributed by atoms with Gasteiger partial charge in [-0.15, -0.1) is 0 Å². The molecule has 1 heterocycles. The van der Waals surface area contributed by atoms with Crippen LogP contribution in [-0.2, 0) is 5.54 Å². The van der Waals surface area contributed by atoms with E-state index in [1.807, 2.05) is 37.3 Å². The number of carbonyl (C=O) groups is 1. The van der Waals surface area contributed by atoms with E-state index in [2.05, 4.69) is 41.0 Å². The molecule has 0 radical (unpaired) electrons. The molecule has 0 bridgehead atoms. The summed E-state index contributed by atoms with van der Waals surface area (Å²) in [6, 6.07) is 20.4. The fraction of sp³-hybridized carbons (Fsp3) is 0.346. The van der Waals surface area contributed by atoms with Gasteiger partial charge in [0.1, 0.15) is 12.4 Å². The third-order valence-electron chi connectivity index (χ3n) is 6.51. The summed E-state index contributed by atoms with van der Waals surface area (Å²) in [5.41, 5.74) is 2.46. The fourth-order valence-corrected chi connectivity index (χ4v) is 4.57. The average Bonchev–Trinajstić information content (AvgIpc) is 3.44. The van der Waals surface area contributed by atoms with Crippen LogP contribution in [0.25, 0.3) is 10.8 Å². The van der Waals surface area contributed by atoms with E-state index in [1.54, 1.807) is 0 Å². The van der Waals surface area contributed by atoms with Crippen LogP contribution in [0.3, 0.4) is 0 Å². The highest BCUT2D eigenvalue weighted by atomic mass is 16.5. The van der Waals surface area contributed by atoms with E-state index in [1.165, 1.54) is 16.3 Å². The molecular weight excluding hydrogens is 388 g/mol. The Morgan fingerprint density at radius 2 is 1.97 bits per heavy atom. The Bertz CT molecular complexity index is 1120. The lowest BCUT2D eigenvalue weighted by molar-refractivity contribution is 0.0930. The van der Waals surface area contributed by atoms with Gasteiger partial charge in [0.15, 0.2) is 0 Å². The van der Waals surface area contributed by atoms with E-state index in [0.717, 1.165) is 18.4 Å². The number of rotatable bonds is 6. The second-order valence-corrected chi connectivity index (χ2v) is 8.85. The van der Waals surface area contributed by atoms with E-state index in [-0.39, 0.29) is 23.6 Å². The van der Waals surface area contributed by atoms with Crippen molar-refractivity contribution < 1.29 is 14.6 Å². The lowest BCUT2D eigenvalue weighted by Crippen LogP contribution is -2.35. The molecule has 1 aliphatic heterocycles. The van der Waals surface area contributed by atoms with Crippen LogP contribution in [0.1, 0.15) is 40.7 Å². The summed E-state index contributed by atoms with van der Waals surface area (Å²) < 4.78 is 5.92. The first-order chi connectivity index (χ1) is 15.0. The fourth-order valence-electron chi connectivity index (χ4n) is 4.57. The highest BCUT2D eigenvalue weighted by Crippen LogP contribution is 2.48. The molecule has 1 saturated carbocycles. The van der Waals surface area contributed by atoms with E-state index >= 15 is 0 Å². The number of benzene rings is 3. The van der Waals surface area contributed by atoms with Gasteiger partial charge in [0.25, 0.3) is 5.91 Å². The van der Waals surface area contributed by atoms with Crippen LogP contribution >= 0.6 is 0 Å². The molecule has 1 aliphatic carbocycles. The maximum atomic E-state index is 13.3. The molecule has 1 saturated heterocycles.